The number of hydrogen-bond acceptors (Lipinski definition) is 2. The minimum atomic E-state index is -0.509. The van der Waals surface area contributed by atoms with Crippen molar-refractivity contribution >= 4 is 17.5 Å². The van der Waals surface area contributed by atoms with Crippen molar-refractivity contribution in [1.82, 2.24) is 9.47 Å². The van der Waals surface area contributed by atoms with Gasteiger partial charge in [0.15, 0.2) is 0 Å². The summed E-state index contributed by atoms with van der Waals surface area (Å²) in [6.07, 6.45) is 3.76. The molecule has 4 rings (SSSR count). The third kappa shape index (κ3) is 4.98. The molecule has 2 aromatic carbocycles. The van der Waals surface area contributed by atoms with Gasteiger partial charge in [-0.05, 0) is 60.7 Å². The quantitative estimate of drug-likeness (QED) is 0.474. The Kier molecular flexibility index (Phi) is 7.77. The highest BCUT2D eigenvalue weighted by Gasteiger charge is 2.43. The molecular formula is C29H35N3O2. The van der Waals surface area contributed by atoms with Gasteiger partial charge >= 0.3 is 0 Å². The number of aryl methyl sites for hydroxylation is 2. The molecule has 1 aliphatic rings. The highest BCUT2D eigenvalue weighted by atomic mass is 16.2. The lowest BCUT2D eigenvalue weighted by Crippen LogP contribution is -2.43. The molecule has 0 radical (unpaired) electrons. The predicted octanol–water partition coefficient (Wildman–Crippen LogP) is 6.20. The summed E-state index contributed by atoms with van der Waals surface area (Å²) >= 11 is 0. The van der Waals surface area contributed by atoms with Gasteiger partial charge in [-0.3, -0.25) is 9.59 Å². The van der Waals surface area contributed by atoms with Crippen molar-refractivity contribution in [3.8, 4) is 0 Å². The van der Waals surface area contributed by atoms with Gasteiger partial charge in [-0.2, -0.15) is 0 Å². The second-order valence-electron chi connectivity index (χ2n) is 9.13. The Balaban J connectivity index is 0.00000103. The van der Waals surface area contributed by atoms with Gasteiger partial charge < -0.3 is 14.8 Å². The Bertz CT molecular complexity index is 1150. The molecule has 0 spiro atoms. The molecule has 3 aromatic rings. The molecule has 2 heterocycles. The van der Waals surface area contributed by atoms with E-state index >= 15 is 0 Å². The van der Waals surface area contributed by atoms with Crippen LogP contribution in [0, 0.1) is 6.92 Å². The number of rotatable bonds is 4. The van der Waals surface area contributed by atoms with E-state index in [2.05, 4.69) is 31.8 Å². The summed E-state index contributed by atoms with van der Waals surface area (Å²) in [5.41, 5.74) is 5.38. The van der Waals surface area contributed by atoms with Crippen LogP contribution in [-0.2, 0) is 11.8 Å². The molecule has 2 amide bonds. The van der Waals surface area contributed by atoms with Crippen LogP contribution in [0.1, 0.15) is 71.4 Å². The molecule has 1 aromatic heterocycles. The van der Waals surface area contributed by atoms with Gasteiger partial charge in [0, 0.05) is 37.2 Å². The van der Waals surface area contributed by atoms with Crippen molar-refractivity contribution in [2.24, 2.45) is 7.05 Å². The number of aromatic nitrogens is 1. The van der Waals surface area contributed by atoms with E-state index in [0.29, 0.717) is 11.5 Å². The lowest BCUT2D eigenvalue weighted by molar-refractivity contribution is -0.119. The highest BCUT2D eigenvalue weighted by molar-refractivity contribution is 6.04. The number of hydrogen-bond donors (Lipinski definition) is 1. The molecule has 0 aliphatic carbocycles. The molecular weight excluding hydrogens is 422 g/mol. The van der Waals surface area contributed by atoms with Crippen molar-refractivity contribution in [3.05, 3.63) is 101 Å². The zero-order chi connectivity index (χ0) is 25.0. The molecule has 2 unspecified atom stereocenters. The standard InChI is InChI=1S/C26H29N3O2.C3H6/c1-16(2)18-10-12-20(13-11-18)27-25(30)23-21-8-6-7-9-22(21)26(31)29(5)24(23)19-14-17(3)28(4)15-19;1-3-2/h6-16,23-24H,1-5H3,(H,27,30);3H,1H2,2H3. The Morgan fingerprint density at radius 1 is 1.09 bits per heavy atom. The molecule has 0 saturated carbocycles. The molecule has 0 saturated heterocycles. The summed E-state index contributed by atoms with van der Waals surface area (Å²) in [6.45, 7) is 11.6. The van der Waals surface area contributed by atoms with E-state index in [4.69, 9.17) is 0 Å². The summed E-state index contributed by atoms with van der Waals surface area (Å²) in [6, 6.07) is 17.1. The lowest BCUT2D eigenvalue weighted by Gasteiger charge is -2.39. The number of nitrogens with one attached hydrogen (secondary N) is 1. The topological polar surface area (TPSA) is 54.3 Å². The number of fused-ring (bicyclic) bond motifs is 1. The van der Waals surface area contributed by atoms with Gasteiger partial charge in [0.25, 0.3) is 5.91 Å². The summed E-state index contributed by atoms with van der Waals surface area (Å²) < 4.78 is 2.02. The Hall–Kier alpha value is -3.60. The first-order valence-corrected chi connectivity index (χ1v) is 11.7. The Labute approximate surface area is 203 Å². The first kappa shape index (κ1) is 25.0. The van der Waals surface area contributed by atoms with Crippen molar-refractivity contribution in [1.29, 1.82) is 0 Å². The van der Waals surface area contributed by atoms with Crippen LogP contribution >= 0.6 is 0 Å². The summed E-state index contributed by atoms with van der Waals surface area (Å²) in [5.74, 6) is -0.256. The second kappa shape index (κ2) is 10.6. The van der Waals surface area contributed by atoms with E-state index in [1.165, 1.54) is 5.56 Å². The number of carbonyl (C=O) groups is 2. The smallest absolute Gasteiger partial charge is 0.254 e. The fourth-order valence-electron chi connectivity index (χ4n) is 4.41. The van der Waals surface area contributed by atoms with Crippen LogP contribution in [0.15, 0.2) is 73.4 Å². The molecule has 34 heavy (non-hydrogen) atoms. The molecule has 1 aliphatic heterocycles. The van der Waals surface area contributed by atoms with Crippen LogP contribution in [0.3, 0.4) is 0 Å². The molecule has 5 nitrogen and oxygen atoms in total. The van der Waals surface area contributed by atoms with Crippen molar-refractivity contribution in [3.63, 3.8) is 0 Å². The second-order valence-corrected chi connectivity index (χ2v) is 9.13. The van der Waals surface area contributed by atoms with Crippen LogP contribution in [0.25, 0.3) is 0 Å². The van der Waals surface area contributed by atoms with Crippen LogP contribution in [-0.4, -0.2) is 28.3 Å². The molecule has 1 N–H and O–H groups in total. The fourth-order valence-corrected chi connectivity index (χ4v) is 4.41. The fraction of sp³-hybridized carbons (Fsp3) is 0.310. The van der Waals surface area contributed by atoms with E-state index in [0.717, 1.165) is 22.5 Å². The number of amides is 2. The predicted molar refractivity (Wildman–Crippen MR) is 139 cm³/mol. The molecule has 2 atom stereocenters. The maximum absolute atomic E-state index is 13.6. The zero-order valence-electron chi connectivity index (χ0n) is 21.0. The Morgan fingerprint density at radius 3 is 2.26 bits per heavy atom. The third-order valence-electron chi connectivity index (χ3n) is 6.32. The SMILES string of the molecule is C=CC.Cc1cc(C2C(C(=O)Nc3ccc(C(C)C)cc3)c3ccccc3C(=O)N2C)cn1C. The van der Waals surface area contributed by atoms with Crippen LogP contribution in [0.4, 0.5) is 5.69 Å². The number of likely N-dealkylation sites (N-methyl/N-ethyl adjacent to an activating group) is 1. The highest BCUT2D eigenvalue weighted by Crippen LogP contribution is 2.43. The van der Waals surface area contributed by atoms with Crippen molar-refractivity contribution in [2.75, 3.05) is 12.4 Å². The van der Waals surface area contributed by atoms with Crippen LogP contribution < -0.4 is 5.32 Å². The molecule has 0 fully saturated rings. The van der Waals surface area contributed by atoms with Gasteiger partial charge in [-0.1, -0.05) is 50.3 Å². The molecule has 178 valence electrons. The molecule has 0 bridgehead atoms. The summed E-state index contributed by atoms with van der Waals surface area (Å²) in [7, 11) is 3.76. The number of nitrogens with zero attached hydrogens (tertiary/aromatic N) is 2. The lowest BCUT2D eigenvalue weighted by atomic mass is 9.80. The van der Waals surface area contributed by atoms with Gasteiger partial charge in [-0.25, -0.2) is 0 Å². The van der Waals surface area contributed by atoms with Crippen LogP contribution in [0.2, 0.25) is 0 Å². The maximum atomic E-state index is 13.6. The van der Waals surface area contributed by atoms with E-state index < -0.39 is 5.92 Å². The minimum Gasteiger partial charge on any atom is -0.354 e. The van der Waals surface area contributed by atoms with Gasteiger partial charge in [-0.15, -0.1) is 6.58 Å². The summed E-state index contributed by atoms with van der Waals surface area (Å²) in [5, 5.41) is 3.09. The average Bonchev–Trinajstić information content (AvgIpc) is 3.14. The monoisotopic (exact) mass is 457 g/mol. The Morgan fingerprint density at radius 2 is 1.71 bits per heavy atom. The molecule has 5 heteroatoms. The normalized spacial score (nSPS) is 17.0. The number of carbonyl (C=O) groups excluding carboxylic acids is 2. The van der Waals surface area contributed by atoms with Gasteiger partial charge in [0.05, 0.1) is 12.0 Å². The van der Waals surface area contributed by atoms with Crippen LogP contribution in [0.5, 0.6) is 0 Å². The maximum Gasteiger partial charge on any atom is 0.254 e. The van der Waals surface area contributed by atoms with E-state index in [-0.39, 0.29) is 17.9 Å². The summed E-state index contributed by atoms with van der Waals surface area (Å²) in [4.78, 5) is 28.4. The number of anilines is 1. The van der Waals surface area contributed by atoms with E-state index in [1.54, 1.807) is 24.1 Å². The van der Waals surface area contributed by atoms with E-state index in [9.17, 15) is 9.59 Å². The van der Waals surface area contributed by atoms with Crippen molar-refractivity contribution < 1.29 is 9.59 Å². The van der Waals surface area contributed by atoms with Gasteiger partial charge in [0.1, 0.15) is 0 Å². The number of benzene rings is 2. The van der Waals surface area contributed by atoms with Gasteiger partial charge in [0.2, 0.25) is 5.91 Å². The minimum absolute atomic E-state index is 0.0626. The van der Waals surface area contributed by atoms with E-state index in [1.807, 2.05) is 74.1 Å². The largest absolute Gasteiger partial charge is 0.354 e. The van der Waals surface area contributed by atoms with Crippen molar-refractivity contribution in [2.45, 2.75) is 45.6 Å². The first-order valence-electron chi connectivity index (χ1n) is 11.7. The zero-order valence-corrected chi connectivity index (χ0v) is 21.0. The third-order valence-corrected chi connectivity index (χ3v) is 6.32. The average molecular weight is 458 g/mol. The first-order chi connectivity index (χ1) is 16.2. The number of allylic oxidation sites excluding steroid dienone is 1.